The van der Waals surface area contributed by atoms with Crippen LogP contribution in [-0.2, 0) is 0 Å². The zero-order chi connectivity index (χ0) is 9.97. The minimum Gasteiger partial charge on any atom is -0.259 e. The second kappa shape index (κ2) is 5.42. The highest BCUT2D eigenvalue weighted by Crippen LogP contribution is 2.28. The van der Waals surface area contributed by atoms with E-state index in [0.717, 1.165) is 5.69 Å². The van der Waals surface area contributed by atoms with E-state index in [1.807, 2.05) is 30.5 Å². The van der Waals surface area contributed by atoms with Crippen molar-refractivity contribution in [1.82, 2.24) is 4.98 Å². The van der Waals surface area contributed by atoms with Gasteiger partial charge in [0.1, 0.15) is 0 Å². The van der Waals surface area contributed by atoms with Gasteiger partial charge in [0.2, 0.25) is 0 Å². The van der Waals surface area contributed by atoms with E-state index >= 15 is 0 Å². The number of hydrogen-bond acceptors (Lipinski definition) is 1. The van der Waals surface area contributed by atoms with Crippen molar-refractivity contribution in [2.24, 2.45) is 0 Å². The van der Waals surface area contributed by atoms with Gasteiger partial charge in [-0.25, -0.2) is 0 Å². The summed E-state index contributed by atoms with van der Waals surface area (Å²) in [6, 6.07) is 10.2. The van der Waals surface area contributed by atoms with Crippen LogP contribution in [0, 0.1) is 0 Å². The van der Waals surface area contributed by atoms with Gasteiger partial charge >= 0.3 is 0 Å². The number of halogens is 2. The van der Waals surface area contributed by atoms with E-state index in [2.05, 4.69) is 39.6 Å². The van der Waals surface area contributed by atoms with Gasteiger partial charge in [0.25, 0.3) is 0 Å². The Morgan fingerprint density at radius 1 is 1.27 bits per heavy atom. The van der Waals surface area contributed by atoms with Crippen LogP contribution in [0.5, 0.6) is 0 Å². The first kappa shape index (κ1) is 12.4. The molecule has 0 radical (unpaired) electrons. The van der Waals surface area contributed by atoms with Gasteiger partial charge in [-0.05, 0) is 11.5 Å². The maximum Gasteiger partial charge on any atom is 0.0751 e. The quantitative estimate of drug-likeness (QED) is 0.587. The van der Waals surface area contributed by atoms with E-state index < -0.39 is 0 Å². The number of allylic oxidation sites excluding steroid dienone is 1. The van der Waals surface area contributed by atoms with Crippen molar-refractivity contribution in [1.29, 1.82) is 0 Å². The molecule has 0 saturated carbocycles. The van der Waals surface area contributed by atoms with E-state index in [1.165, 1.54) is 10.8 Å². The van der Waals surface area contributed by atoms with Crippen LogP contribution in [0.3, 0.4) is 0 Å². The summed E-state index contributed by atoms with van der Waals surface area (Å²) in [5.74, 6) is 0. The molecule has 0 aliphatic heterocycles. The van der Waals surface area contributed by atoms with Crippen LogP contribution >= 0.6 is 32.9 Å². The molecule has 1 nitrogen and oxygen atoms in total. The van der Waals surface area contributed by atoms with Gasteiger partial charge < -0.3 is 0 Å². The van der Waals surface area contributed by atoms with Crippen molar-refractivity contribution in [2.45, 2.75) is 4.83 Å². The predicted molar refractivity (Wildman–Crippen MR) is 73.9 cm³/mol. The molecule has 1 heterocycles. The average molecular weight is 329 g/mol. The normalized spacial score (nSPS) is 11.8. The molecule has 78 valence electrons. The van der Waals surface area contributed by atoms with Crippen LogP contribution in [0.15, 0.2) is 49.2 Å². The van der Waals surface area contributed by atoms with Gasteiger partial charge in [-0.1, -0.05) is 46.3 Å². The van der Waals surface area contributed by atoms with Gasteiger partial charge in [-0.3, -0.25) is 4.98 Å². The lowest BCUT2D eigenvalue weighted by Gasteiger charge is -2.07. The molecule has 2 aromatic rings. The monoisotopic (exact) mass is 327 g/mol. The molecule has 0 spiro atoms. The molecule has 0 aliphatic carbocycles. The SMILES string of the molecule is Br.C=CC(Br)c1nccc2ccccc12. The Kier molecular flexibility index (Phi) is 4.48. The molecule has 0 saturated heterocycles. The molecular weight excluding hydrogens is 318 g/mol. The Hall–Kier alpha value is -0.670. The van der Waals surface area contributed by atoms with Gasteiger partial charge in [0.15, 0.2) is 0 Å². The zero-order valence-electron chi connectivity index (χ0n) is 8.06. The number of pyridine rings is 1. The Labute approximate surface area is 108 Å². The van der Waals surface area contributed by atoms with Gasteiger partial charge in [0, 0.05) is 11.6 Å². The molecule has 3 heteroatoms. The molecule has 15 heavy (non-hydrogen) atoms. The maximum atomic E-state index is 4.36. The molecule has 0 bridgehead atoms. The second-order valence-electron chi connectivity index (χ2n) is 3.05. The maximum absolute atomic E-state index is 4.36. The highest BCUT2D eigenvalue weighted by Gasteiger charge is 2.07. The Balaban J connectivity index is 0.00000112. The summed E-state index contributed by atoms with van der Waals surface area (Å²) in [5, 5.41) is 2.39. The standard InChI is InChI=1S/C12H10BrN.BrH/c1-2-11(13)12-10-6-4-3-5-9(10)7-8-14-12;/h2-8,11H,1H2;1H. The summed E-state index contributed by atoms with van der Waals surface area (Å²) in [4.78, 5) is 4.48. The number of nitrogens with zero attached hydrogens (tertiary/aromatic N) is 1. The topological polar surface area (TPSA) is 12.9 Å². The third-order valence-electron chi connectivity index (χ3n) is 2.17. The number of rotatable bonds is 2. The molecule has 0 fully saturated rings. The summed E-state index contributed by atoms with van der Waals surface area (Å²) in [6.07, 6.45) is 3.67. The number of alkyl halides is 1. The summed E-state index contributed by atoms with van der Waals surface area (Å²) < 4.78 is 0. The first-order valence-corrected chi connectivity index (χ1v) is 5.35. The lowest BCUT2D eigenvalue weighted by molar-refractivity contribution is 1.13. The smallest absolute Gasteiger partial charge is 0.0751 e. The largest absolute Gasteiger partial charge is 0.259 e. The molecule has 0 N–H and O–H groups in total. The minimum atomic E-state index is 0. The van der Waals surface area contributed by atoms with Gasteiger partial charge in [-0.2, -0.15) is 0 Å². The minimum absolute atomic E-state index is 0. The fraction of sp³-hybridized carbons (Fsp3) is 0.0833. The second-order valence-corrected chi connectivity index (χ2v) is 4.04. The van der Waals surface area contributed by atoms with Crippen LogP contribution in [0.1, 0.15) is 10.5 Å². The van der Waals surface area contributed by atoms with Crippen LogP contribution in [0.4, 0.5) is 0 Å². The van der Waals surface area contributed by atoms with Crippen LogP contribution in [0.25, 0.3) is 10.8 Å². The van der Waals surface area contributed by atoms with E-state index in [9.17, 15) is 0 Å². The van der Waals surface area contributed by atoms with E-state index in [0.29, 0.717) is 0 Å². The molecule has 1 aromatic heterocycles. The predicted octanol–water partition coefficient (Wildman–Crippen LogP) is 4.43. The van der Waals surface area contributed by atoms with Gasteiger partial charge in [-0.15, -0.1) is 23.6 Å². The number of hydrogen-bond donors (Lipinski definition) is 0. The number of fused-ring (bicyclic) bond motifs is 1. The molecule has 1 unspecified atom stereocenters. The molecule has 1 atom stereocenters. The Morgan fingerprint density at radius 3 is 2.73 bits per heavy atom. The van der Waals surface area contributed by atoms with Crippen molar-refractivity contribution in [2.75, 3.05) is 0 Å². The summed E-state index contributed by atoms with van der Waals surface area (Å²) in [7, 11) is 0. The fourth-order valence-electron chi connectivity index (χ4n) is 1.47. The van der Waals surface area contributed by atoms with E-state index in [-0.39, 0.29) is 21.8 Å². The summed E-state index contributed by atoms with van der Waals surface area (Å²) in [5.41, 5.74) is 1.03. The molecule has 1 aromatic carbocycles. The van der Waals surface area contributed by atoms with Crippen molar-refractivity contribution in [3.8, 4) is 0 Å². The first-order chi connectivity index (χ1) is 6.83. The zero-order valence-corrected chi connectivity index (χ0v) is 11.4. The van der Waals surface area contributed by atoms with Crippen molar-refractivity contribution in [3.05, 3.63) is 54.9 Å². The first-order valence-electron chi connectivity index (χ1n) is 4.43. The molecule has 0 aliphatic rings. The lowest BCUT2D eigenvalue weighted by atomic mass is 10.1. The Bertz CT molecular complexity index is 463. The average Bonchev–Trinajstić information content (AvgIpc) is 2.27. The van der Waals surface area contributed by atoms with E-state index in [1.54, 1.807) is 0 Å². The van der Waals surface area contributed by atoms with E-state index in [4.69, 9.17) is 0 Å². The number of benzene rings is 1. The molecule has 2 rings (SSSR count). The van der Waals surface area contributed by atoms with Crippen LogP contribution in [0.2, 0.25) is 0 Å². The fourth-order valence-corrected chi connectivity index (χ4v) is 1.84. The molecule has 0 amide bonds. The summed E-state index contributed by atoms with van der Waals surface area (Å²) in [6.45, 7) is 3.76. The third-order valence-corrected chi connectivity index (χ3v) is 2.98. The number of aromatic nitrogens is 1. The van der Waals surface area contributed by atoms with Crippen molar-refractivity contribution >= 4 is 43.7 Å². The highest BCUT2D eigenvalue weighted by atomic mass is 79.9. The molecular formula is C12H11Br2N. The van der Waals surface area contributed by atoms with Gasteiger partial charge in [0.05, 0.1) is 10.5 Å². The Morgan fingerprint density at radius 2 is 2.00 bits per heavy atom. The lowest BCUT2D eigenvalue weighted by Crippen LogP contribution is -1.91. The summed E-state index contributed by atoms with van der Waals surface area (Å²) >= 11 is 3.53. The van der Waals surface area contributed by atoms with Crippen LogP contribution in [-0.4, -0.2) is 4.98 Å². The third kappa shape index (κ3) is 2.47. The van der Waals surface area contributed by atoms with Crippen LogP contribution < -0.4 is 0 Å². The van der Waals surface area contributed by atoms with Crippen molar-refractivity contribution < 1.29 is 0 Å². The highest BCUT2D eigenvalue weighted by molar-refractivity contribution is 9.09. The van der Waals surface area contributed by atoms with Crippen molar-refractivity contribution in [3.63, 3.8) is 0 Å².